The summed E-state index contributed by atoms with van der Waals surface area (Å²) in [7, 11) is 0. The van der Waals surface area contributed by atoms with Crippen LogP contribution < -0.4 is 0 Å². The summed E-state index contributed by atoms with van der Waals surface area (Å²) in [5.41, 5.74) is -0.0954. The molecule has 3 nitrogen and oxygen atoms in total. The molecular formula is C18H36O3. The molecular weight excluding hydrogens is 264 g/mol. The average molecular weight is 300 g/mol. The van der Waals surface area contributed by atoms with Crippen LogP contribution in [-0.4, -0.2) is 24.3 Å². The molecule has 3 heteroatoms. The van der Waals surface area contributed by atoms with Crippen LogP contribution in [0.2, 0.25) is 0 Å². The largest absolute Gasteiger partial charge is 0.462 e. The highest BCUT2D eigenvalue weighted by atomic mass is 16.5. The topological polar surface area (TPSA) is 35.5 Å². The van der Waals surface area contributed by atoms with Crippen molar-refractivity contribution in [3.63, 3.8) is 0 Å². The second-order valence-corrected chi connectivity index (χ2v) is 7.48. The molecule has 0 amide bonds. The van der Waals surface area contributed by atoms with Gasteiger partial charge in [0.15, 0.2) is 0 Å². The highest BCUT2D eigenvalue weighted by Crippen LogP contribution is 2.23. The molecule has 0 fully saturated rings. The van der Waals surface area contributed by atoms with Crippen molar-refractivity contribution in [3.8, 4) is 0 Å². The summed E-state index contributed by atoms with van der Waals surface area (Å²) in [5.74, 6) is 0.776. The first-order valence-electron chi connectivity index (χ1n) is 8.43. The molecule has 0 aromatic carbocycles. The van der Waals surface area contributed by atoms with E-state index >= 15 is 0 Å². The lowest BCUT2D eigenvalue weighted by Gasteiger charge is -2.26. The molecule has 0 saturated heterocycles. The van der Waals surface area contributed by atoms with E-state index in [2.05, 4.69) is 48.5 Å². The Morgan fingerprint density at radius 1 is 1.10 bits per heavy atom. The summed E-state index contributed by atoms with van der Waals surface area (Å²) in [6.45, 7) is 17.3. The van der Waals surface area contributed by atoms with Crippen LogP contribution in [-0.2, 0) is 14.3 Å². The molecule has 0 N–H and O–H groups in total. The predicted octanol–water partition coefficient (Wildman–Crippen LogP) is 4.83. The van der Waals surface area contributed by atoms with Crippen LogP contribution in [0.5, 0.6) is 0 Å². The molecule has 2 unspecified atom stereocenters. The summed E-state index contributed by atoms with van der Waals surface area (Å²) in [5, 5.41) is 0. The van der Waals surface area contributed by atoms with Gasteiger partial charge in [-0.25, -0.2) is 0 Å². The molecule has 2 atom stereocenters. The molecule has 0 aromatic heterocycles. The number of rotatable bonds is 10. The van der Waals surface area contributed by atoms with Crippen LogP contribution in [0.4, 0.5) is 0 Å². The summed E-state index contributed by atoms with van der Waals surface area (Å²) < 4.78 is 11.4. The number of hydrogen-bond acceptors (Lipinski definition) is 3. The Bertz CT molecular complexity index is 295. The first kappa shape index (κ1) is 20.4. The predicted molar refractivity (Wildman–Crippen MR) is 88.3 cm³/mol. The van der Waals surface area contributed by atoms with Crippen molar-refractivity contribution >= 4 is 5.97 Å². The van der Waals surface area contributed by atoms with Crippen molar-refractivity contribution in [1.29, 1.82) is 0 Å². The van der Waals surface area contributed by atoms with E-state index in [0.29, 0.717) is 18.4 Å². The van der Waals surface area contributed by atoms with Crippen molar-refractivity contribution in [3.05, 3.63) is 0 Å². The second kappa shape index (κ2) is 9.45. The maximum atomic E-state index is 12.3. The SMILES string of the molecule is CCC(C)(C)OCCC(C)OC(=O)C(CC(C)C)C(C)C. The van der Waals surface area contributed by atoms with Gasteiger partial charge in [0.05, 0.1) is 18.1 Å². The van der Waals surface area contributed by atoms with Crippen LogP contribution in [0.15, 0.2) is 0 Å². The van der Waals surface area contributed by atoms with Gasteiger partial charge in [-0.1, -0.05) is 34.6 Å². The molecule has 0 spiro atoms. The van der Waals surface area contributed by atoms with Crippen LogP contribution >= 0.6 is 0 Å². The Balaban J connectivity index is 4.23. The summed E-state index contributed by atoms with van der Waals surface area (Å²) >= 11 is 0. The van der Waals surface area contributed by atoms with Crippen molar-refractivity contribution < 1.29 is 14.3 Å². The standard InChI is InChI=1S/C18H36O3/c1-9-18(7,8)20-11-10-15(6)21-17(19)16(14(4)5)12-13(2)3/h13-16H,9-12H2,1-8H3. The molecule has 0 aliphatic carbocycles. The van der Waals surface area contributed by atoms with Crippen LogP contribution in [0.1, 0.15) is 74.7 Å². The van der Waals surface area contributed by atoms with E-state index in [-0.39, 0.29) is 23.6 Å². The lowest BCUT2D eigenvalue weighted by Crippen LogP contribution is -2.29. The fraction of sp³-hybridized carbons (Fsp3) is 0.944. The maximum Gasteiger partial charge on any atom is 0.309 e. The molecule has 0 heterocycles. The number of hydrogen-bond donors (Lipinski definition) is 0. The lowest BCUT2D eigenvalue weighted by atomic mass is 9.88. The van der Waals surface area contributed by atoms with Crippen LogP contribution in [0, 0.1) is 17.8 Å². The van der Waals surface area contributed by atoms with Gasteiger partial charge in [-0.3, -0.25) is 4.79 Å². The van der Waals surface area contributed by atoms with E-state index in [1.165, 1.54) is 0 Å². The van der Waals surface area contributed by atoms with Crippen molar-refractivity contribution in [1.82, 2.24) is 0 Å². The zero-order valence-electron chi connectivity index (χ0n) is 15.4. The Morgan fingerprint density at radius 2 is 1.67 bits per heavy atom. The number of carbonyl (C=O) groups excluding carboxylic acids is 1. The lowest BCUT2D eigenvalue weighted by molar-refractivity contribution is -0.156. The molecule has 0 radical (unpaired) electrons. The van der Waals surface area contributed by atoms with Crippen molar-refractivity contribution in [2.45, 2.75) is 86.4 Å². The fourth-order valence-corrected chi connectivity index (χ4v) is 2.10. The molecule has 126 valence electrons. The summed E-state index contributed by atoms with van der Waals surface area (Å²) in [6.07, 6.45) is 2.54. The third-order valence-corrected chi connectivity index (χ3v) is 4.02. The van der Waals surface area contributed by atoms with Gasteiger partial charge < -0.3 is 9.47 Å². The molecule has 0 aliphatic rings. The van der Waals surface area contributed by atoms with Gasteiger partial charge in [0.1, 0.15) is 6.10 Å². The van der Waals surface area contributed by atoms with Gasteiger partial charge in [0, 0.05) is 6.42 Å². The van der Waals surface area contributed by atoms with Crippen LogP contribution in [0.3, 0.4) is 0 Å². The van der Waals surface area contributed by atoms with E-state index in [0.717, 1.165) is 19.3 Å². The highest BCUT2D eigenvalue weighted by molar-refractivity contribution is 5.72. The minimum atomic E-state index is -0.0954. The normalized spacial score (nSPS) is 15.3. The number of carbonyl (C=O) groups is 1. The van der Waals surface area contributed by atoms with Gasteiger partial charge in [-0.05, 0) is 45.4 Å². The van der Waals surface area contributed by atoms with Crippen molar-refractivity contribution in [2.24, 2.45) is 17.8 Å². The van der Waals surface area contributed by atoms with Gasteiger partial charge in [-0.2, -0.15) is 0 Å². The highest BCUT2D eigenvalue weighted by Gasteiger charge is 2.26. The van der Waals surface area contributed by atoms with Gasteiger partial charge in [0.2, 0.25) is 0 Å². The van der Waals surface area contributed by atoms with Gasteiger partial charge in [0.25, 0.3) is 0 Å². The molecule has 0 saturated carbocycles. The van der Waals surface area contributed by atoms with E-state index in [1.807, 2.05) is 6.92 Å². The van der Waals surface area contributed by atoms with E-state index in [9.17, 15) is 4.79 Å². The quantitative estimate of drug-likeness (QED) is 0.542. The summed E-state index contributed by atoms with van der Waals surface area (Å²) in [4.78, 5) is 12.3. The minimum absolute atomic E-state index is 0.000418. The minimum Gasteiger partial charge on any atom is -0.462 e. The molecule has 0 aromatic rings. The van der Waals surface area contributed by atoms with Crippen molar-refractivity contribution in [2.75, 3.05) is 6.61 Å². The van der Waals surface area contributed by atoms with Gasteiger partial charge in [-0.15, -0.1) is 0 Å². The van der Waals surface area contributed by atoms with Gasteiger partial charge >= 0.3 is 5.97 Å². The maximum absolute atomic E-state index is 12.3. The third kappa shape index (κ3) is 9.13. The first-order valence-corrected chi connectivity index (χ1v) is 8.43. The second-order valence-electron chi connectivity index (χ2n) is 7.48. The smallest absolute Gasteiger partial charge is 0.309 e. The van der Waals surface area contributed by atoms with E-state index in [4.69, 9.17) is 9.47 Å². The monoisotopic (exact) mass is 300 g/mol. The third-order valence-electron chi connectivity index (χ3n) is 4.02. The Hall–Kier alpha value is -0.570. The zero-order valence-corrected chi connectivity index (χ0v) is 15.4. The first-order chi connectivity index (χ1) is 9.59. The molecule has 0 aliphatic heterocycles. The number of ether oxygens (including phenoxy) is 2. The molecule has 0 rings (SSSR count). The zero-order chi connectivity index (χ0) is 16.6. The average Bonchev–Trinajstić information content (AvgIpc) is 2.34. The van der Waals surface area contributed by atoms with E-state index < -0.39 is 0 Å². The fourth-order valence-electron chi connectivity index (χ4n) is 2.10. The Morgan fingerprint density at radius 3 is 2.10 bits per heavy atom. The van der Waals surface area contributed by atoms with E-state index in [1.54, 1.807) is 0 Å². The number of esters is 1. The Kier molecular flexibility index (Phi) is 9.19. The van der Waals surface area contributed by atoms with Crippen LogP contribution in [0.25, 0.3) is 0 Å². The molecule has 0 bridgehead atoms. The Labute approximate surface area is 131 Å². The molecule has 21 heavy (non-hydrogen) atoms. The summed E-state index contributed by atoms with van der Waals surface area (Å²) in [6, 6.07) is 0.